The van der Waals surface area contributed by atoms with E-state index in [0.717, 1.165) is 6.42 Å². The molecule has 0 saturated carbocycles. The molecule has 118 valence electrons. The minimum Gasteiger partial charge on any atom is -0.349 e. The Balaban J connectivity index is 1.70. The van der Waals surface area contributed by atoms with E-state index in [1.807, 2.05) is 19.2 Å². The van der Waals surface area contributed by atoms with E-state index in [-0.39, 0.29) is 17.2 Å². The first-order valence-electron chi connectivity index (χ1n) is 7.40. The molecule has 0 aliphatic heterocycles. The largest absolute Gasteiger partial charge is 0.349 e. The van der Waals surface area contributed by atoms with E-state index in [9.17, 15) is 9.59 Å². The number of rotatable bonds is 5. The van der Waals surface area contributed by atoms with Gasteiger partial charge in [0.05, 0.1) is 0 Å². The molecule has 1 amide bonds. The summed E-state index contributed by atoms with van der Waals surface area (Å²) in [5, 5.41) is 6.95. The first-order valence-corrected chi connectivity index (χ1v) is 7.40. The Morgan fingerprint density at radius 2 is 2.17 bits per heavy atom. The van der Waals surface area contributed by atoms with E-state index >= 15 is 0 Å². The van der Waals surface area contributed by atoms with Crippen LogP contribution < -0.4 is 10.9 Å². The van der Waals surface area contributed by atoms with Crippen LogP contribution in [0.2, 0.25) is 0 Å². The van der Waals surface area contributed by atoms with Crippen LogP contribution in [0.3, 0.4) is 0 Å². The Labute approximate surface area is 132 Å². The number of amides is 1. The van der Waals surface area contributed by atoms with Crippen molar-refractivity contribution in [3.63, 3.8) is 0 Å². The van der Waals surface area contributed by atoms with Gasteiger partial charge in [-0.1, -0.05) is 6.07 Å². The molecule has 7 heteroatoms. The molecule has 3 rings (SSSR count). The highest BCUT2D eigenvalue weighted by Gasteiger charge is 2.15. The third-order valence-electron chi connectivity index (χ3n) is 3.59. The van der Waals surface area contributed by atoms with Crippen molar-refractivity contribution in [1.29, 1.82) is 0 Å². The fourth-order valence-electron chi connectivity index (χ4n) is 2.31. The van der Waals surface area contributed by atoms with Crippen molar-refractivity contribution < 1.29 is 4.79 Å². The Hall–Kier alpha value is -2.96. The molecule has 0 spiro atoms. The molecular formula is C16H17N5O2. The third kappa shape index (κ3) is 3.28. The molecule has 3 heterocycles. The van der Waals surface area contributed by atoms with E-state index < -0.39 is 5.91 Å². The first kappa shape index (κ1) is 15.0. The van der Waals surface area contributed by atoms with Crippen molar-refractivity contribution in [2.45, 2.75) is 25.9 Å². The van der Waals surface area contributed by atoms with E-state index in [1.54, 1.807) is 35.3 Å². The molecule has 0 radical (unpaired) electrons. The summed E-state index contributed by atoms with van der Waals surface area (Å²) in [5.41, 5.74) is 0.188. The van der Waals surface area contributed by atoms with Crippen molar-refractivity contribution in [3.05, 3.63) is 65.0 Å². The summed E-state index contributed by atoms with van der Waals surface area (Å²) in [7, 11) is 0. The highest BCUT2D eigenvalue weighted by Crippen LogP contribution is 2.00. The first-order chi connectivity index (χ1) is 11.1. The lowest BCUT2D eigenvalue weighted by Crippen LogP contribution is -2.37. The van der Waals surface area contributed by atoms with E-state index in [1.165, 1.54) is 10.6 Å². The Bertz CT molecular complexity index is 870. The van der Waals surface area contributed by atoms with Crippen molar-refractivity contribution in [2.75, 3.05) is 0 Å². The summed E-state index contributed by atoms with van der Waals surface area (Å²) in [6, 6.07) is 7.01. The maximum absolute atomic E-state index is 12.3. The lowest BCUT2D eigenvalue weighted by Gasteiger charge is -2.13. The molecule has 0 aromatic carbocycles. The highest BCUT2D eigenvalue weighted by molar-refractivity contribution is 5.93. The molecule has 3 aromatic heterocycles. The number of carbonyl (C=O) groups is 1. The average molecular weight is 311 g/mol. The van der Waals surface area contributed by atoms with Gasteiger partial charge in [0, 0.05) is 37.4 Å². The second kappa shape index (κ2) is 6.43. The molecule has 0 aliphatic carbocycles. The van der Waals surface area contributed by atoms with Gasteiger partial charge in [-0.2, -0.15) is 5.10 Å². The predicted octanol–water partition coefficient (Wildman–Crippen LogP) is 1.10. The van der Waals surface area contributed by atoms with Gasteiger partial charge in [-0.3, -0.25) is 18.7 Å². The van der Waals surface area contributed by atoms with Gasteiger partial charge in [0.2, 0.25) is 0 Å². The van der Waals surface area contributed by atoms with E-state index in [4.69, 9.17) is 0 Å². The normalized spacial score (nSPS) is 12.2. The van der Waals surface area contributed by atoms with Crippen molar-refractivity contribution in [1.82, 2.24) is 24.5 Å². The molecule has 7 nitrogen and oxygen atoms in total. The molecule has 1 unspecified atom stereocenters. The summed E-state index contributed by atoms with van der Waals surface area (Å²) in [6.07, 6.45) is 7.23. The maximum atomic E-state index is 12.3. The minimum atomic E-state index is -0.409. The number of fused-ring (bicyclic) bond motifs is 1. The van der Waals surface area contributed by atoms with Crippen molar-refractivity contribution in [2.24, 2.45) is 0 Å². The summed E-state index contributed by atoms with van der Waals surface area (Å²) >= 11 is 0. The summed E-state index contributed by atoms with van der Waals surface area (Å²) in [4.78, 5) is 28.8. The Morgan fingerprint density at radius 1 is 1.30 bits per heavy atom. The zero-order valence-corrected chi connectivity index (χ0v) is 12.7. The van der Waals surface area contributed by atoms with Gasteiger partial charge < -0.3 is 5.32 Å². The second-order valence-corrected chi connectivity index (χ2v) is 5.34. The zero-order chi connectivity index (χ0) is 16.2. The fraction of sp³-hybridized carbons (Fsp3) is 0.250. The van der Waals surface area contributed by atoms with Gasteiger partial charge >= 0.3 is 0 Å². The van der Waals surface area contributed by atoms with E-state index in [0.29, 0.717) is 12.2 Å². The third-order valence-corrected chi connectivity index (χ3v) is 3.59. The van der Waals surface area contributed by atoms with Gasteiger partial charge in [0.15, 0.2) is 0 Å². The smallest absolute Gasteiger partial charge is 0.270 e. The highest BCUT2D eigenvalue weighted by atomic mass is 16.2. The minimum absolute atomic E-state index is 0.0413. The Kier molecular flexibility index (Phi) is 4.18. The maximum Gasteiger partial charge on any atom is 0.270 e. The number of aryl methyl sites for hydroxylation is 1. The molecule has 1 atom stereocenters. The van der Waals surface area contributed by atoms with Gasteiger partial charge in [0.25, 0.3) is 11.5 Å². The van der Waals surface area contributed by atoms with Crippen LogP contribution in [0.25, 0.3) is 5.65 Å². The van der Waals surface area contributed by atoms with Crippen LogP contribution >= 0.6 is 0 Å². The molecule has 3 aromatic rings. The summed E-state index contributed by atoms with van der Waals surface area (Å²) in [6.45, 7) is 2.59. The molecule has 0 saturated heterocycles. The van der Waals surface area contributed by atoms with Crippen LogP contribution in [0.1, 0.15) is 23.7 Å². The number of carbonyl (C=O) groups excluding carboxylic acids is 1. The zero-order valence-electron chi connectivity index (χ0n) is 12.7. The number of nitrogens with one attached hydrogen (secondary N) is 1. The average Bonchev–Trinajstić information content (AvgIpc) is 3.07. The van der Waals surface area contributed by atoms with Crippen LogP contribution in [0.5, 0.6) is 0 Å². The molecule has 1 N–H and O–H groups in total. The molecule has 0 aliphatic rings. The van der Waals surface area contributed by atoms with Crippen LogP contribution in [0.4, 0.5) is 0 Å². The van der Waals surface area contributed by atoms with Crippen molar-refractivity contribution in [3.8, 4) is 0 Å². The van der Waals surface area contributed by atoms with Crippen LogP contribution in [0.15, 0.2) is 53.8 Å². The quantitative estimate of drug-likeness (QED) is 0.765. The summed E-state index contributed by atoms with van der Waals surface area (Å²) < 4.78 is 3.17. The van der Waals surface area contributed by atoms with Gasteiger partial charge in [0.1, 0.15) is 11.2 Å². The van der Waals surface area contributed by atoms with E-state index in [2.05, 4.69) is 15.4 Å². The van der Waals surface area contributed by atoms with Gasteiger partial charge in [-0.05, 0) is 31.5 Å². The lowest BCUT2D eigenvalue weighted by molar-refractivity contribution is 0.0935. The molecule has 23 heavy (non-hydrogen) atoms. The second-order valence-electron chi connectivity index (χ2n) is 5.34. The van der Waals surface area contributed by atoms with Crippen LogP contribution in [-0.4, -0.2) is 31.1 Å². The fourth-order valence-corrected chi connectivity index (χ4v) is 2.31. The number of nitrogens with zero attached hydrogens (tertiary/aromatic N) is 4. The number of hydrogen-bond donors (Lipinski definition) is 1. The van der Waals surface area contributed by atoms with Gasteiger partial charge in [-0.25, -0.2) is 4.98 Å². The molecule has 0 fully saturated rings. The number of hydrogen-bond acceptors (Lipinski definition) is 4. The SMILES string of the molecule is CC(CCn1cccn1)NC(=O)c1cnc2ccccn2c1=O. The summed E-state index contributed by atoms with van der Waals surface area (Å²) in [5.74, 6) is -0.409. The molecular weight excluding hydrogens is 294 g/mol. The van der Waals surface area contributed by atoms with Crippen LogP contribution in [-0.2, 0) is 6.54 Å². The van der Waals surface area contributed by atoms with Crippen LogP contribution in [0, 0.1) is 0 Å². The lowest BCUT2D eigenvalue weighted by atomic mass is 10.2. The number of aromatic nitrogens is 4. The standard InChI is InChI=1S/C16H17N5O2/c1-12(6-10-20-8-4-7-18-20)19-15(22)13-11-17-14-5-2-3-9-21(14)16(13)23/h2-5,7-9,11-12H,6,10H2,1H3,(H,19,22). The topological polar surface area (TPSA) is 81.3 Å². The number of pyridine rings is 1. The van der Waals surface area contributed by atoms with Crippen molar-refractivity contribution >= 4 is 11.6 Å². The predicted molar refractivity (Wildman–Crippen MR) is 85.2 cm³/mol. The van der Waals surface area contributed by atoms with Gasteiger partial charge in [-0.15, -0.1) is 0 Å². The monoisotopic (exact) mass is 311 g/mol. The Morgan fingerprint density at radius 3 is 2.96 bits per heavy atom. The molecule has 0 bridgehead atoms.